The number of hydrogen-bond donors (Lipinski definition) is 6. The number of aromatic nitrogens is 5. The Labute approximate surface area is 395 Å². The van der Waals surface area contributed by atoms with Crippen LogP contribution in [0.4, 0.5) is 11.5 Å². The van der Waals surface area contributed by atoms with Gasteiger partial charge in [0.05, 0.1) is 33.6 Å². The minimum Gasteiger partial charge on any atom is -0.507 e. The zero-order chi connectivity index (χ0) is 47.0. The van der Waals surface area contributed by atoms with E-state index >= 15 is 0 Å². The van der Waals surface area contributed by atoms with Crippen LogP contribution in [0.15, 0.2) is 72.5 Å². The smallest absolute Gasteiger partial charge is 0.246 e. The highest BCUT2D eigenvalue weighted by atomic mass is 32.1. The number of carbonyl (C=O) groups excluding carboxylic acids is 3. The second-order valence-electron chi connectivity index (χ2n) is 20.0. The molecule has 1 aliphatic carbocycles. The number of anilines is 2. The summed E-state index contributed by atoms with van der Waals surface area (Å²) < 4.78 is 0. The number of hydrogen-bond acceptors (Lipinski definition) is 14. The summed E-state index contributed by atoms with van der Waals surface area (Å²) in [5.74, 6) is 0.776. The standard InChI is InChI=1S/C50H61N11O5S/c1-28-44(67-27-55-28)31-11-9-29(10-12-31)21-54-48(65)41-19-36(62)25-61(41)49(66)45(50(2,3)4)57-47(64)32-15-13-30(14-16-32)34-22-52-43(53-23-34)18-33-17-35-24-60(26-39(33)56-35)40-20-38(58-59-46(40)51)37-7-5-6-8-42(37)63/h5-12,20,22-23,27,30,32-33,35-36,39,41,45,56,62-63H,13-19,21,24-26H2,1-4H3,(H2,51,59)(H,54,65)(H,57,64)/t30-,32-,33?,35?,36-,39?,41+,45-/m1/s1. The summed E-state index contributed by atoms with van der Waals surface area (Å²) in [4.78, 5) is 60.6. The molecular weight excluding hydrogens is 867 g/mol. The number of nitrogens with two attached hydrogens (primary N) is 1. The lowest BCUT2D eigenvalue weighted by Crippen LogP contribution is -2.58. The number of phenols is 1. The maximum Gasteiger partial charge on any atom is 0.246 e. The number of rotatable bonds is 12. The number of nitrogens with zero attached hydrogens (tertiary/aromatic N) is 7. The van der Waals surface area contributed by atoms with Crippen LogP contribution in [0.3, 0.4) is 0 Å². The van der Waals surface area contributed by atoms with E-state index in [1.807, 2.05) is 88.1 Å². The fourth-order valence-corrected chi connectivity index (χ4v) is 11.3. The number of thiazole rings is 1. The summed E-state index contributed by atoms with van der Waals surface area (Å²) >= 11 is 1.58. The molecule has 6 heterocycles. The first-order valence-corrected chi connectivity index (χ1v) is 24.4. The SMILES string of the molecule is Cc1ncsc1-c1ccc(CNC(=O)[C@@H]2C[C@@H](O)CN2C(=O)[C@@H](NC(=O)[C@H]2CC[C@H](c3cnc(CC4CC5CN(c6cc(-c7ccccc7O)nnc6N)CC4N5)nc3)CC2)C(C)(C)C)cc1. The Kier molecular flexibility index (Phi) is 13.3. The summed E-state index contributed by atoms with van der Waals surface area (Å²) in [6.07, 6.45) is 7.85. The summed E-state index contributed by atoms with van der Waals surface area (Å²) in [5, 5.41) is 39.5. The Morgan fingerprint density at radius 1 is 0.940 bits per heavy atom. The van der Waals surface area contributed by atoms with E-state index in [-0.39, 0.29) is 66.9 Å². The molecule has 2 aromatic carbocycles. The zero-order valence-electron chi connectivity index (χ0n) is 38.6. The van der Waals surface area contributed by atoms with Gasteiger partial charge in [0.15, 0.2) is 5.82 Å². The van der Waals surface area contributed by atoms with Gasteiger partial charge in [0, 0.05) is 75.0 Å². The molecule has 4 aliphatic rings. The molecule has 6 atom stereocenters. The summed E-state index contributed by atoms with van der Waals surface area (Å²) in [5.41, 5.74) is 13.6. The Morgan fingerprint density at radius 2 is 1.69 bits per heavy atom. The van der Waals surface area contributed by atoms with Crippen molar-refractivity contribution in [2.24, 2.45) is 17.3 Å². The topological polar surface area (TPSA) is 225 Å². The number of aryl methyl sites for hydroxylation is 1. The first kappa shape index (κ1) is 46.1. The lowest BCUT2D eigenvalue weighted by atomic mass is 9.78. The second kappa shape index (κ2) is 19.3. The van der Waals surface area contributed by atoms with Gasteiger partial charge in [0.2, 0.25) is 17.7 Å². The van der Waals surface area contributed by atoms with Gasteiger partial charge in [-0.3, -0.25) is 14.4 Å². The number of piperazine rings is 1. The Balaban J connectivity index is 0.761. The number of benzene rings is 2. The number of aliphatic hydroxyl groups excluding tert-OH is 1. The van der Waals surface area contributed by atoms with Crippen molar-refractivity contribution < 1.29 is 24.6 Å². The molecule has 352 valence electrons. The van der Waals surface area contributed by atoms with Crippen LogP contribution in [0.25, 0.3) is 21.7 Å². The van der Waals surface area contributed by atoms with Crippen molar-refractivity contribution in [2.45, 2.75) is 115 Å². The van der Waals surface area contributed by atoms with Gasteiger partial charge in [-0.15, -0.1) is 21.5 Å². The quantitative estimate of drug-likeness (QED) is 0.0955. The van der Waals surface area contributed by atoms with E-state index < -0.39 is 23.6 Å². The average molecular weight is 928 g/mol. The van der Waals surface area contributed by atoms with Crippen molar-refractivity contribution >= 4 is 40.6 Å². The number of para-hydroxylation sites is 1. The molecule has 3 amide bonds. The first-order chi connectivity index (χ1) is 32.2. The molecule has 3 aromatic heterocycles. The number of nitrogens with one attached hydrogen (secondary N) is 3. The number of fused-ring (bicyclic) bond motifs is 2. The molecule has 0 radical (unpaired) electrons. The number of β-amino-alcohol motifs (C(OH)–C–C–N with tert-alkyl or cyclic N) is 1. The maximum absolute atomic E-state index is 14.3. The maximum atomic E-state index is 14.3. The monoisotopic (exact) mass is 927 g/mol. The highest BCUT2D eigenvalue weighted by molar-refractivity contribution is 7.13. The Morgan fingerprint density at radius 3 is 2.39 bits per heavy atom. The predicted molar refractivity (Wildman–Crippen MR) is 257 cm³/mol. The van der Waals surface area contributed by atoms with E-state index in [9.17, 15) is 24.6 Å². The van der Waals surface area contributed by atoms with E-state index in [0.717, 1.165) is 77.5 Å². The fraction of sp³-hybridized carbons (Fsp3) is 0.480. The molecule has 3 unspecified atom stereocenters. The van der Waals surface area contributed by atoms with E-state index in [2.05, 4.69) is 36.0 Å². The van der Waals surface area contributed by atoms with Gasteiger partial charge in [0.25, 0.3) is 0 Å². The third-order valence-corrected chi connectivity index (χ3v) is 15.2. The second-order valence-corrected chi connectivity index (χ2v) is 20.8. The van der Waals surface area contributed by atoms with Crippen molar-refractivity contribution in [1.29, 1.82) is 0 Å². The molecule has 17 heteroatoms. The fourth-order valence-electron chi connectivity index (χ4n) is 10.5. The van der Waals surface area contributed by atoms with Crippen LogP contribution in [-0.2, 0) is 27.3 Å². The van der Waals surface area contributed by atoms with Crippen LogP contribution >= 0.6 is 11.3 Å². The van der Waals surface area contributed by atoms with Gasteiger partial charge in [-0.05, 0) is 91.2 Å². The molecule has 3 saturated heterocycles. The Bertz CT molecular complexity index is 2580. The molecule has 3 aliphatic heterocycles. The molecular formula is C50H61N11O5S. The summed E-state index contributed by atoms with van der Waals surface area (Å²) in [6, 6.07) is 15.7. The van der Waals surface area contributed by atoms with Gasteiger partial charge < -0.3 is 41.7 Å². The number of aromatic hydroxyl groups is 1. The van der Waals surface area contributed by atoms with Gasteiger partial charge in [-0.1, -0.05) is 57.2 Å². The number of aliphatic hydroxyl groups is 1. The van der Waals surface area contributed by atoms with Gasteiger partial charge in [-0.25, -0.2) is 15.0 Å². The van der Waals surface area contributed by atoms with Crippen LogP contribution in [0.2, 0.25) is 0 Å². The zero-order valence-corrected chi connectivity index (χ0v) is 39.4. The molecule has 2 bridgehead atoms. The van der Waals surface area contributed by atoms with Crippen molar-refractivity contribution in [3.05, 3.63) is 95.1 Å². The molecule has 7 N–H and O–H groups in total. The van der Waals surface area contributed by atoms with Crippen molar-refractivity contribution in [2.75, 3.05) is 30.3 Å². The minimum absolute atomic E-state index is 0.0227. The first-order valence-electron chi connectivity index (χ1n) is 23.5. The molecule has 67 heavy (non-hydrogen) atoms. The average Bonchev–Trinajstić information content (AvgIpc) is 4.02. The highest BCUT2D eigenvalue weighted by Crippen LogP contribution is 2.38. The lowest BCUT2D eigenvalue weighted by Gasteiger charge is -2.37. The Hall–Kier alpha value is -6.04. The van der Waals surface area contributed by atoms with Gasteiger partial charge in [0.1, 0.15) is 23.7 Å². The molecule has 0 spiro atoms. The van der Waals surface area contributed by atoms with Crippen LogP contribution < -0.4 is 26.6 Å². The predicted octanol–water partition coefficient (Wildman–Crippen LogP) is 5.15. The van der Waals surface area contributed by atoms with Gasteiger partial charge >= 0.3 is 0 Å². The summed E-state index contributed by atoms with van der Waals surface area (Å²) in [7, 11) is 0. The van der Waals surface area contributed by atoms with Crippen LogP contribution in [0.1, 0.15) is 87.9 Å². The van der Waals surface area contributed by atoms with Crippen LogP contribution in [0.5, 0.6) is 5.75 Å². The third kappa shape index (κ3) is 10.1. The van der Waals surface area contributed by atoms with Crippen LogP contribution in [0, 0.1) is 24.2 Å². The van der Waals surface area contributed by atoms with Gasteiger partial charge in [-0.2, -0.15) is 0 Å². The number of phenolic OH excluding ortho intramolecular Hbond substituents is 1. The van der Waals surface area contributed by atoms with Crippen molar-refractivity contribution in [3.63, 3.8) is 0 Å². The largest absolute Gasteiger partial charge is 0.507 e. The number of likely N-dealkylation sites (tertiary alicyclic amines) is 1. The molecule has 1 saturated carbocycles. The molecule has 16 nitrogen and oxygen atoms in total. The van der Waals surface area contributed by atoms with Crippen molar-refractivity contribution in [3.8, 4) is 27.4 Å². The van der Waals surface area contributed by atoms with Crippen LogP contribution in [-0.4, -0.2) is 108 Å². The van der Waals surface area contributed by atoms with E-state index in [1.54, 1.807) is 23.5 Å². The lowest BCUT2D eigenvalue weighted by molar-refractivity contribution is -0.144. The van der Waals surface area contributed by atoms with E-state index in [4.69, 9.17) is 15.7 Å². The van der Waals surface area contributed by atoms with E-state index in [1.165, 1.54) is 4.90 Å². The third-order valence-electron chi connectivity index (χ3n) is 14.2. The summed E-state index contributed by atoms with van der Waals surface area (Å²) in [6.45, 7) is 9.54. The molecule has 9 rings (SSSR count). The van der Waals surface area contributed by atoms with Crippen molar-refractivity contribution in [1.82, 2.24) is 46.0 Å². The molecule has 5 aromatic rings. The highest BCUT2D eigenvalue weighted by Gasteiger charge is 2.45. The number of carbonyl (C=O) groups is 3. The number of nitrogen functional groups attached to an aromatic ring is 1. The molecule has 4 fully saturated rings. The number of amides is 3. The van der Waals surface area contributed by atoms with E-state index in [0.29, 0.717) is 35.8 Å². The normalized spacial score (nSPS) is 24.3. The minimum atomic E-state index is -0.881.